The minimum atomic E-state index is -0.456. The highest BCUT2D eigenvalue weighted by Crippen LogP contribution is 2.24. The second kappa shape index (κ2) is 6.09. The molecule has 1 aromatic carbocycles. The first-order valence-corrected chi connectivity index (χ1v) is 6.52. The molecule has 2 atom stereocenters. The molecule has 20 heavy (non-hydrogen) atoms. The molecule has 1 heterocycles. The molecule has 6 heteroatoms. The Morgan fingerprint density at radius 1 is 1.30 bits per heavy atom. The van der Waals surface area contributed by atoms with E-state index >= 15 is 0 Å². The molecule has 0 aliphatic heterocycles. The van der Waals surface area contributed by atoms with E-state index in [0.29, 0.717) is 23.8 Å². The zero-order valence-electron chi connectivity index (χ0n) is 11.7. The van der Waals surface area contributed by atoms with Crippen molar-refractivity contribution in [2.45, 2.75) is 39.3 Å². The topological polar surface area (TPSA) is 51.0 Å². The smallest absolute Gasteiger partial charge is 0.233 e. The molecule has 1 N–H and O–H groups in total. The molecule has 0 aliphatic rings. The lowest BCUT2D eigenvalue weighted by Gasteiger charge is -2.21. The molecule has 0 aliphatic carbocycles. The van der Waals surface area contributed by atoms with Crippen LogP contribution < -0.4 is 5.32 Å². The highest BCUT2D eigenvalue weighted by Gasteiger charge is 2.20. The monoisotopic (exact) mass is 281 g/mol. The molecule has 4 nitrogen and oxygen atoms in total. The average molecular weight is 281 g/mol. The van der Waals surface area contributed by atoms with Gasteiger partial charge in [0.15, 0.2) is 0 Å². The fourth-order valence-corrected chi connectivity index (χ4v) is 2.07. The van der Waals surface area contributed by atoms with Crippen molar-refractivity contribution < 1.29 is 13.2 Å². The van der Waals surface area contributed by atoms with Crippen molar-refractivity contribution in [1.82, 2.24) is 15.5 Å². The van der Waals surface area contributed by atoms with Crippen molar-refractivity contribution in [3.05, 3.63) is 47.2 Å². The molecule has 0 spiro atoms. The minimum absolute atomic E-state index is 0.246. The Kier molecular flexibility index (Phi) is 4.44. The Morgan fingerprint density at radius 2 is 2.05 bits per heavy atom. The fraction of sp³-hybridized carbons (Fsp3) is 0.429. The van der Waals surface area contributed by atoms with Gasteiger partial charge in [-0.3, -0.25) is 5.32 Å². The van der Waals surface area contributed by atoms with E-state index in [4.69, 9.17) is 4.42 Å². The highest BCUT2D eigenvalue weighted by atomic mass is 19.1. The molecule has 0 amide bonds. The Morgan fingerprint density at radius 3 is 2.65 bits per heavy atom. The van der Waals surface area contributed by atoms with E-state index in [1.165, 1.54) is 6.07 Å². The maximum Gasteiger partial charge on any atom is 0.233 e. The van der Waals surface area contributed by atoms with E-state index in [1.54, 1.807) is 6.92 Å². The van der Waals surface area contributed by atoms with Gasteiger partial charge >= 0.3 is 0 Å². The summed E-state index contributed by atoms with van der Waals surface area (Å²) in [5, 5.41) is 10.9. The second-order valence-corrected chi connectivity index (χ2v) is 4.67. The van der Waals surface area contributed by atoms with Crippen molar-refractivity contribution in [3.63, 3.8) is 0 Å². The number of rotatable bonds is 5. The first-order valence-electron chi connectivity index (χ1n) is 6.52. The number of hydrogen-bond donors (Lipinski definition) is 1. The zero-order valence-corrected chi connectivity index (χ0v) is 11.7. The van der Waals surface area contributed by atoms with Gasteiger partial charge in [0.05, 0.1) is 6.04 Å². The first kappa shape index (κ1) is 14.6. The Balaban J connectivity index is 2.18. The van der Waals surface area contributed by atoms with Crippen LogP contribution in [0.1, 0.15) is 49.7 Å². The summed E-state index contributed by atoms with van der Waals surface area (Å²) in [5.74, 6) is 0.0130. The van der Waals surface area contributed by atoms with Crippen molar-refractivity contribution in [3.8, 4) is 0 Å². The van der Waals surface area contributed by atoms with Gasteiger partial charge in [0.25, 0.3) is 0 Å². The van der Waals surface area contributed by atoms with Crippen LogP contribution in [-0.4, -0.2) is 10.2 Å². The van der Waals surface area contributed by atoms with Crippen molar-refractivity contribution in [2.75, 3.05) is 0 Å². The van der Waals surface area contributed by atoms with Gasteiger partial charge in [-0.25, -0.2) is 8.78 Å². The number of benzene rings is 1. The van der Waals surface area contributed by atoms with Gasteiger partial charge in [0.1, 0.15) is 11.6 Å². The average Bonchev–Trinajstić information content (AvgIpc) is 2.85. The van der Waals surface area contributed by atoms with Crippen LogP contribution in [0.3, 0.4) is 0 Å². The van der Waals surface area contributed by atoms with Crippen LogP contribution in [0.5, 0.6) is 0 Å². The molecule has 0 radical (unpaired) electrons. The van der Waals surface area contributed by atoms with Gasteiger partial charge in [0.2, 0.25) is 11.8 Å². The molecule has 0 bridgehead atoms. The summed E-state index contributed by atoms with van der Waals surface area (Å²) in [6.45, 7) is 5.44. The van der Waals surface area contributed by atoms with Crippen molar-refractivity contribution >= 4 is 0 Å². The third-order valence-electron chi connectivity index (χ3n) is 3.10. The Bertz CT molecular complexity index is 586. The molecule has 1 aromatic heterocycles. The number of aromatic nitrogens is 2. The van der Waals surface area contributed by atoms with Crippen LogP contribution in [-0.2, 0) is 0 Å². The maximum atomic E-state index is 13.8. The molecule has 0 saturated carbocycles. The summed E-state index contributed by atoms with van der Waals surface area (Å²) in [5.41, 5.74) is 0.301. The lowest BCUT2D eigenvalue weighted by atomic mass is 10.0. The van der Waals surface area contributed by atoms with Crippen LogP contribution >= 0.6 is 0 Å². The van der Waals surface area contributed by atoms with Crippen LogP contribution in [0.15, 0.2) is 22.6 Å². The summed E-state index contributed by atoms with van der Waals surface area (Å²) in [7, 11) is 0. The predicted molar refractivity (Wildman–Crippen MR) is 70.0 cm³/mol. The van der Waals surface area contributed by atoms with E-state index < -0.39 is 11.6 Å². The maximum absolute atomic E-state index is 13.8. The predicted octanol–water partition coefficient (Wildman–Crippen LogP) is 3.46. The van der Waals surface area contributed by atoms with Gasteiger partial charge < -0.3 is 4.42 Å². The Labute approximate surface area is 116 Å². The number of nitrogens with one attached hydrogen (secondary N) is 1. The van der Waals surface area contributed by atoms with Crippen LogP contribution in [0.2, 0.25) is 0 Å². The van der Waals surface area contributed by atoms with Crippen LogP contribution in [0.4, 0.5) is 8.78 Å². The lowest BCUT2D eigenvalue weighted by molar-refractivity contribution is 0.362. The van der Waals surface area contributed by atoms with E-state index in [2.05, 4.69) is 15.5 Å². The summed E-state index contributed by atoms with van der Waals surface area (Å²) >= 11 is 0. The number of halogens is 2. The summed E-state index contributed by atoms with van der Waals surface area (Å²) in [6.07, 6.45) is 0.609. The molecule has 108 valence electrons. The SMILES string of the molecule is CC[C@H](N[C@H](C)c1nnc(C)o1)c1cc(F)ccc1F. The number of nitrogens with zero attached hydrogens (tertiary/aromatic N) is 2. The molecular formula is C14H17F2N3O. The molecule has 2 rings (SSSR count). The quantitative estimate of drug-likeness (QED) is 0.912. The third-order valence-corrected chi connectivity index (χ3v) is 3.10. The van der Waals surface area contributed by atoms with Gasteiger partial charge in [-0.1, -0.05) is 6.92 Å². The standard InChI is InChI=1S/C14H17F2N3O/c1-4-13(11-7-10(15)5-6-12(11)16)17-8(2)14-19-18-9(3)20-14/h5-8,13,17H,4H2,1-3H3/t8-,13+/m1/s1. The molecule has 0 saturated heterocycles. The summed E-state index contributed by atoms with van der Waals surface area (Å²) in [4.78, 5) is 0. The Hall–Kier alpha value is -1.82. The fourth-order valence-electron chi connectivity index (χ4n) is 2.07. The highest BCUT2D eigenvalue weighted by molar-refractivity contribution is 5.22. The van der Waals surface area contributed by atoms with Crippen LogP contribution in [0.25, 0.3) is 0 Å². The second-order valence-electron chi connectivity index (χ2n) is 4.67. The summed E-state index contributed by atoms with van der Waals surface area (Å²) < 4.78 is 32.4. The van der Waals surface area contributed by atoms with Gasteiger partial charge in [-0.05, 0) is 31.5 Å². The van der Waals surface area contributed by atoms with E-state index in [9.17, 15) is 8.78 Å². The first-order chi connectivity index (χ1) is 9.51. The van der Waals surface area contributed by atoms with Crippen LogP contribution in [0, 0.1) is 18.6 Å². The van der Waals surface area contributed by atoms with Crippen molar-refractivity contribution in [2.24, 2.45) is 0 Å². The van der Waals surface area contributed by atoms with E-state index in [0.717, 1.165) is 12.1 Å². The van der Waals surface area contributed by atoms with Gasteiger partial charge in [0, 0.05) is 18.5 Å². The molecule has 0 unspecified atom stereocenters. The van der Waals surface area contributed by atoms with Gasteiger partial charge in [-0.15, -0.1) is 10.2 Å². The van der Waals surface area contributed by atoms with Crippen molar-refractivity contribution in [1.29, 1.82) is 0 Å². The minimum Gasteiger partial charge on any atom is -0.424 e. The molecular weight excluding hydrogens is 264 g/mol. The largest absolute Gasteiger partial charge is 0.424 e. The zero-order chi connectivity index (χ0) is 14.7. The third kappa shape index (κ3) is 3.19. The van der Waals surface area contributed by atoms with Gasteiger partial charge in [-0.2, -0.15) is 0 Å². The number of aryl methyl sites for hydroxylation is 1. The normalized spacial score (nSPS) is 14.2. The summed E-state index contributed by atoms with van der Waals surface area (Å²) in [6, 6.07) is 2.88. The lowest BCUT2D eigenvalue weighted by Crippen LogP contribution is -2.25. The number of hydrogen-bond acceptors (Lipinski definition) is 4. The van der Waals surface area contributed by atoms with E-state index in [-0.39, 0.29) is 12.1 Å². The molecule has 0 fully saturated rings. The molecule has 2 aromatic rings. The van der Waals surface area contributed by atoms with E-state index in [1.807, 2.05) is 13.8 Å².